The molecule has 0 bridgehead atoms. The van der Waals surface area contributed by atoms with Gasteiger partial charge in [0.05, 0.1) is 0 Å². The molecule has 2 aliphatic heterocycles. The standard InChI is InChI=1S/C15H31N3/c1-13(2)18-11-15(12-18)16(4)9-10-17-7-5-14(3)6-8-17/h13-15H,5-12H2,1-4H3. The van der Waals surface area contributed by atoms with Crippen LogP contribution in [0.5, 0.6) is 0 Å². The van der Waals surface area contributed by atoms with Crippen molar-refractivity contribution in [1.29, 1.82) is 0 Å². The molecule has 0 amide bonds. The van der Waals surface area contributed by atoms with Gasteiger partial charge in [-0.25, -0.2) is 0 Å². The molecule has 0 saturated carbocycles. The molecule has 0 aliphatic carbocycles. The number of nitrogens with zero attached hydrogens (tertiary/aromatic N) is 3. The molecule has 0 aromatic heterocycles. The molecule has 0 atom stereocenters. The van der Waals surface area contributed by atoms with Gasteiger partial charge >= 0.3 is 0 Å². The predicted octanol–water partition coefficient (Wildman–Crippen LogP) is 1.74. The van der Waals surface area contributed by atoms with E-state index in [2.05, 4.69) is 42.5 Å². The van der Waals surface area contributed by atoms with E-state index in [1.807, 2.05) is 0 Å². The van der Waals surface area contributed by atoms with E-state index < -0.39 is 0 Å². The van der Waals surface area contributed by atoms with Gasteiger partial charge in [-0.05, 0) is 52.7 Å². The van der Waals surface area contributed by atoms with Crippen molar-refractivity contribution in [2.75, 3.05) is 46.3 Å². The highest BCUT2D eigenvalue weighted by molar-refractivity contribution is 4.88. The Morgan fingerprint density at radius 2 is 1.78 bits per heavy atom. The van der Waals surface area contributed by atoms with E-state index in [-0.39, 0.29) is 0 Å². The molecular formula is C15H31N3. The summed E-state index contributed by atoms with van der Waals surface area (Å²) in [5, 5.41) is 0. The van der Waals surface area contributed by atoms with Crippen molar-refractivity contribution in [1.82, 2.24) is 14.7 Å². The molecule has 3 nitrogen and oxygen atoms in total. The zero-order chi connectivity index (χ0) is 13.1. The lowest BCUT2D eigenvalue weighted by Crippen LogP contribution is -2.61. The molecule has 0 unspecified atom stereocenters. The number of piperidine rings is 1. The zero-order valence-corrected chi connectivity index (χ0v) is 12.7. The first-order valence-corrected chi connectivity index (χ1v) is 7.73. The van der Waals surface area contributed by atoms with Crippen molar-refractivity contribution >= 4 is 0 Å². The summed E-state index contributed by atoms with van der Waals surface area (Å²) in [4.78, 5) is 7.77. The average molecular weight is 253 g/mol. The normalized spacial score (nSPS) is 25.0. The topological polar surface area (TPSA) is 9.72 Å². The maximum Gasteiger partial charge on any atom is 0.0348 e. The van der Waals surface area contributed by atoms with Crippen LogP contribution in [-0.4, -0.2) is 73.1 Å². The molecule has 2 rings (SSSR count). The van der Waals surface area contributed by atoms with E-state index in [0.717, 1.165) is 18.0 Å². The molecule has 3 heteroatoms. The van der Waals surface area contributed by atoms with E-state index in [9.17, 15) is 0 Å². The first kappa shape index (κ1) is 14.3. The number of likely N-dealkylation sites (tertiary alicyclic amines) is 2. The third kappa shape index (κ3) is 3.69. The van der Waals surface area contributed by atoms with Gasteiger partial charge in [-0.3, -0.25) is 9.80 Å². The molecule has 106 valence electrons. The third-order valence-corrected chi connectivity index (χ3v) is 4.89. The second kappa shape index (κ2) is 6.36. The second-order valence-electron chi connectivity index (χ2n) is 6.71. The molecule has 2 aliphatic rings. The van der Waals surface area contributed by atoms with Crippen LogP contribution in [0.15, 0.2) is 0 Å². The minimum absolute atomic E-state index is 0.721. The lowest BCUT2D eigenvalue weighted by Gasteiger charge is -2.46. The Morgan fingerprint density at radius 3 is 2.33 bits per heavy atom. The summed E-state index contributed by atoms with van der Waals surface area (Å²) in [7, 11) is 2.30. The highest BCUT2D eigenvalue weighted by atomic mass is 15.3. The van der Waals surface area contributed by atoms with Gasteiger partial charge in [0, 0.05) is 38.3 Å². The van der Waals surface area contributed by atoms with Crippen molar-refractivity contribution in [3.05, 3.63) is 0 Å². The van der Waals surface area contributed by atoms with Crippen LogP contribution in [0.25, 0.3) is 0 Å². The van der Waals surface area contributed by atoms with Crippen molar-refractivity contribution in [2.24, 2.45) is 5.92 Å². The van der Waals surface area contributed by atoms with Crippen LogP contribution in [0, 0.1) is 5.92 Å². The van der Waals surface area contributed by atoms with Gasteiger partial charge in [0.25, 0.3) is 0 Å². The van der Waals surface area contributed by atoms with E-state index in [1.165, 1.54) is 52.1 Å². The van der Waals surface area contributed by atoms with Crippen LogP contribution in [-0.2, 0) is 0 Å². The zero-order valence-electron chi connectivity index (χ0n) is 12.7. The highest BCUT2D eigenvalue weighted by Gasteiger charge is 2.31. The fourth-order valence-electron chi connectivity index (χ4n) is 2.96. The van der Waals surface area contributed by atoms with Crippen molar-refractivity contribution in [2.45, 2.75) is 45.7 Å². The van der Waals surface area contributed by atoms with E-state index in [0.29, 0.717) is 0 Å². The fraction of sp³-hybridized carbons (Fsp3) is 1.00. The lowest BCUT2D eigenvalue weighted by atomic mass is 9.99. The first-order valence-electron chi connectivity index (χ1n) is 7.73. The molecule has 2 saturated heterocycles. The van der Waals surface area contributed by atoms with Crippen molar-refractivity contribution in [3.63, 3.8) is 0 Å². The van der Waals surface area contributed by atoms with Gasteiger partial charge in [-0.1, -0.05) is 6.92 Å². The minimum atomic E-state index is 0.721. The molecule has 2 fully saturated rings. The van der Waals surface area contributed by atoms with Gasteiger partial charge in [-0.15, -0.1) is 0 Å². The third-order valence-electron chi connectivity index (χ3n) is 4.89. The van der Waals surface area contributed by atoms with Crippen LogP contribution in [0.3, 0.4) is 0 Å². The van der Waals surface area contributed by atoms with Gasteiger partial charge in [0.15, 0.2) is 0 Å². The highest BCUT2D eigenvalue weighted by Crippen LogP contribution is 2.18. The van der Waals surface area contributed by atoms with Crippen LogP contribution in [0.4, 0.5) is 0 Å². The molecular weight excluding hydrogens is 222 g/mol. The number of rotatable bonds is 5. The van der Waals surface area contributed by atoms with E-state index >= 15 is 0 Å². The Labute approximate surface area is 113 Å². The largest absolute Gasteiger partial charge is 0.302 e. The van der Waals surface area contributed by atoms with Crippen molar-refractivity contribution in [3.8, 4) is 0 Å². The van der Waals surface area contributed by atoms with Crippen LogP contribution in [0.2, 0.25) is 0 Å². The summed E-state index contributed by atoms with van der Waals surface area (Å²) >= 11 is 0. The Hall–Kier alpha value is -0.120. The van der Waals surface area contributed by atoms with Crippen molar-refractivity contribution < 1.29 is 0 Å². The van der Waals surface area contributed by atoms with Gasteiger partial charge in [0.1, 0.15) is 0 Å². The van der Waals surface area contributed by atoms with E-state index in [4.69, 9.17) is 0 Å². The minimum Gasteiger partial charge on any atom is -0.302 e. The van der Waals surface area contributed by atoms with E-state index in [1.54, 1.807) is 0 Å². The van der Waals surface area contributed by atoms with Crippen LogP contribution >= 0.6 is 0 Å². The summed E-state index contributed by atoms with van der Waals surface area (Å²) in [5.74, 6) is 0.949. The van der Waals surface area contributed by atoms with Gasteiger partial charge in [-0.2, -0.15) is 0 Å². The Bertz CT molecular complexity index is 240. The Morgan fingerprint density at radius 1 is 1.17 bits per heavy atom. The smallest absolute Gasteiger partial charge is 0.0348 e. The summed E-state index contributed by atoms with van der Waals surface area (Å²) in [6.45, 7) is 14.7. The summed E-state index contributed by atoms with van der Waals surface area (Å²) < 4.78 is 0. The molecule has 0 radical (unpaired) electrons. The second-order valence-corrected chi connectivity index (χ2v) is 6.71. The quantitative estimate of drug-likeness (QED) is 0.739. The number of hydrogen-bond donors (Lipinski definition) is 0. The monoisotopic (exact) mass is 253 g/mol. The van der Waals surface area contributed by atoms with Crippen LogP contribution < -0.4 is 0 Å². The molecule has 18 heavy (non-hydrogen) atoms. The molecule has 2 heterocycles. The number of likely N-dealkylation sites (N-methyl/N-ethyl adjacent to an activating group) is 1. The summed E-state index contributed by atoms with van der Waals surface area (Å²) in [6.07, 6.45) is 2.79. The average Bonchev–Trinajstić information content (AvgIpc) is 2.25. The maximum absolute atomic E-state index is 2.65. The first-order chi connectivity index (χ1) is 8.56. The maximum atomic E-state index is 2.65. The van der Waals surface area contributed by atoms with Crippen LogP contribution in [0.1, 0.15) is 33.6 Å². The molecule has 0 aromatic rings. The Balaban J connectivity index is 1.59. The fourth-order valence-corrected chi connectivity index (χ4v) is 2.96. The Kier molecular flexibility index (Phi) is 5.05. The molecule has 0 spiro atoms. The molecule has 0 N–H and O–H groups in total. The predicted molar refractivity (Wildman–Crippen MR) is 78.0 cm³/mol. The summed E-state index contributed by atoms with van der Waals surface area (Å²) in [6, 6.07) is 1.52. The van der Waals surface area contributed by atoms with Gasteiger partial charge < -0.3 is 4.90 Å². The lowest BCUT2D eigenvalue weighted by molar-refractivity contribution is 0.0215. The molecule has 0 aromatic carbocycles. The SMILES string of the molecule is CC1CCN(CCN(C)C2CN(C(C)C)C2)CC1. The summed E-state index contributed by atoms with van der Waals surface area (Å²) in [5.41, 5.74) is 0. The number of hydrogen-bond acceptors (Lipinski definition) is 3. The van der Waals surface area contributed by atoms with Gasteiger partial charge in [0.2, 0.25) is 0 Å².